The largest absolute Gasteiger partial charge is 0.467 e. The summed E-state index contributed by atoms with van der Waals surface area (Å²) in [6, 6.07) is 13.9. The number of amides is 1. The normalized spacial score (nSPS) is 15.0. The Balaban J connectivity index is 1.40. The van der Waals surface area contributed by atoms with Crippen molar-refractivity contribution in [1.29, 1.82) is 5.26 Å². The van der Waals surface area contributed by atoms with Gasteiger partial charge in [0.2, 0.25) is 15.9 Å². The number of hydrogen-bond acceptors (Lipinski definition) is 5. The van der Waals surface area contributed by atoms with Gasteiger partial charge in [0.25, 0.3) is 0 Å². The minimum atomic E-state index is -3.79. The van der Waals surface area contributed by atoms with Gasteiger partial charge >= 0.3 is 0 Å². The summed E-state index contributed by atoms with van der Waals surface area (Å²) >= 11 is 0. The van der Waals surface area contributed by atoms with E-state index in [9.17, 15) is 18.5 Å². The molecule has 0 N–H and O–H groups in total. The van der Waals surface area contributed by atoms with Crippen LogP contribution in [0.4, 0.5) is 0 Å². The lowest BCUT2D eigenvalue weighted by Gasteiger charge is -2.33. The summed E-state index contributed by atoms with van der Waals surface area (Å²) in [4.78, 5) is 14.4. The summed E-state index contributed by atoms with van der Waals surface area (Å²) in [7, 11) is -3.79. The molecular formula is C25H26N4O4S. The first-order chi connectivity index (χ1) is 16.3. The first kappa shape index (κ1) is 23.5. The summed E-state index contributed by atoms with van der Waals surface area (Å²) in [5, 5.41) is 9.25. The van der Waals surface area contributed by atoms with Crippen LogP contribution in [0.15, 0.2) is 64.1 Å². The number of hydrogen-bond donors (Lipinski definition) is 0. The molecule has 0 spiro atoms. The van der Waals surface area contributed by atoms with Crippen LogP contribution in [0, 0.1) is 25.2 Å². The van der Waals surface area contributed by atoms with Crippen LogP contribution in [0.3, 0.4) is 0 Å². The molecule has 1 fully saturated rings. The monoisotopic (exact) mass is 478 g/mol. The highest BCUT2D eigenvalue weighted by Gasteiger charge is 2.31. The number of rotatable bonds is 6. The van der Waals surface area contributed by atoms with Crippen molar-refractivity contribution in [2.24, 2.45) is 0 Å². The molecule has 1 saturated heterocycles. The number of benzene rings is 1. The minimum Gasteiger partial charge on any atom is -0.467 e. The van der Waals surface area contributed by atoms with Crippen LogP contribution < -0.4 is 0 Å². The van der Waals surface area contributed by atoms with Gasteiger partial charge in [-0.2, -0.15) is 9.57 Å². The fourth-order valence-corrected chi connectivity index (χ4v) is 5.70. The molecule has 34 heavy (non-hydrogen) atoms. The van der Waals surface area contributed by atoms with E-state index in [4.69, 9.17) is 4.42 Å². The zero-order chi connectivity index (χ0) is 24.3. The zero-order valence-corrected chi connectivity index (χ0v) is 20.0. The molecule has 8 nitrogen and oxygen atoms in total. The molecule has 9 heteroatoms. The highest BCUT2D eigenvalue weighted by Crippen LogP contribution is 2.22. The van der Waals surface area contributed by atoms with E-state index in [-0.39, 0.29) is 42.5 Å². The van der Waals surface area contributed by atoms with E-state index >= 15 is 0 Å². The van der Waals surface area contributed by atoms with Gasteiger partial charge in [-0.05, 0) is 55.8 Å². The average molecular weight is 479 g/mol. The molecule has 3 aromatic rings. The van der Waals surface area contributed by atoms with Crippen molar-refractivity contribution in [2.45, 2.75) is 25.3 Å². The topological polar surface area (TPSA) is 99.5 Å². The van der Waals surface area contributed by atoms with Crippen molar-refractivity contribution in [2.75, 3.05) is 26.2 Å². The van der Waals surface area contributed by atoms with Gasteiger partial charge in [0.1, 0.15) is 11.8 Å². The summed E-state index contributed by atoms with van der Waals surface area (Å²) in [6.45, 7) is 5.57. The number of nitriles is 1. The van der Waals surface area contributed by atoms with Crippen molar-refractivity contribution in [3.8, 4) is 6.07 Å². The van der Waals surface area contributed by atoms with Crippen LogP contribution in [0.25, 0.3) is 6.08 Å². The lowest BCUT2D eigenvalue weighted by atomic mass is 10.2. The highest BCUT2D eigenvalue weighted by molar-refractivity contribution is 7.89. The standard InChI is InChI=1S/C25H26N4O4S/c1-19-16-21(20(2)29(19)18-23-7-5-15-33-23)9-10-25(30)27-11-13-28(14-12-27)34(31,32)24-8-4-3-6-22(24)17-26/h3-10,15-16H,11-14,18H2,1-2H3. The molecule has 0 atom stereocenters. The molecule has 0 saturated carbocycles. The van der Waals surface area contributed by atoms with Gasteiger partial charge in [-0.1, -0.05) is 12.1 Å². The number of aryl methyl sites for hydroxylation is 1. The molecule has 1 aliphatic heterocycles. The van der Waals surface area contributed by atoms with E-state index in [2.05, 4.69) is 4.57 Å². The number of carbonyl (C=O) groups excluding carboxylic acids is 1. The van der Waals surface area contributed by atoms with Gasteiger partial charge in [-0.25, -0.2) is 8.42 Å². The van der Waals surface area contributed by atoms with E-state index in [0.717, 1.165) is 22.7 Å². The molecule has 1 amide bonds. The molecule has 176 valence electrons. The van der Waals surface area contributed by atoms with Gasteiger partial charge in [-0.15, -0.1) is 0 Å². The molecule has 1 aromatic carbocycles. The Bertz CT molecular complexity index is 1360. The third kappa shape index (κ3) is 4.69. The van der Waals surface area contributed by atoms with Crippen LogP contribution in [-0.4, -0.2) is 54.3 Å². The number of sulfonamides is 1. The average Bonchev–Trinajstić information content (AvgIpc) is 3.46. The fourth-order valence-electron chi connectivity index (χ4n) is 4.14. The smallest absolute Gasteiger partial charge is 0.246 e. The molecule has 1 aliphatic rings. The maximum absolute atomic E-state index is 13.0. The Morgan fingerprint density at radius 1 is 1.12 bits per heavy atom. The number of carbonyl (C=O) groups is 1. The summed E-state index contributed by atoms with van der Waals surface area (Å²) < 4.78 is 34.9. The molecule has 0 bridgehead atoms. The molecule has 4 rings (SSSR count). The highest BCUT2D eigenvalue weighted by atomic mass is 32.2. The molecule has 0 aliphatic carbocycles. The lowest BCUT2D eigenvalue weighted by molar-refractivity contribution is -0.127. The van der Waals surface area contributed by atoms with Crippen molar-refractivity contribution >= 4 is 22.0 Å². The molecule has 3 heterocycles. The van der Waals surface area contributed by atoms with Crippen LogP contribution in [0.2, 0.25) is 0 Å². The van der Waals surface area contributed by atoms with Crippen LogP contribution in [0.5, 0.6) is 0 Å². The maximum atomic E-state index is 13.0. The SMILES string of the molecule is Cc1cc(C=CC(=O)N2CCN(S(=O)(=O)c3ccccc3C#N)CC2)c(C)n1Cc1ccco1. The van der Waals surface area contributed by atoms with Crippen molar-refractivity contribution in [1.82, 2.24) is 13.8 Å². The Morgan fingerprint density at radius 2 is 1.85 bits per heavy atom. The van der Waals surface area contributed by atoms with Crippen molar-refractivity contribution < 1.29 is 17.6 Å². The Labute approximate surface area is 199 Å². The van der Waals surface area contributed by atoms with Crippen molar-refractivity contribution in [3.63, 3.8) is 0 Å². The van der Waals surface area contributed by atoms with Crippen molar-refractivity contribution in [3.05, 3.63) is 83.1 Å². The van der Waals surface area contributed by atoms with E-state index in [1.807, 2.05) is 38.1 Å². The summed E-state index contributed by atoms with van der Waals surface area (Å²) in [5.74, 6) is 0.698. The third-order valence-corrected chi connectivity index (χ3v) is 8.04. The first-order valence-corrected chi connectivity index (χ1v) is 12.4. The first-order valence-electron chi connectivity index (χ1n) is 11.0. The van der Waals surface area contributed by atoms with Crippen LogP contribution in [-0.2, 0) is 21.4 Å². The number of aromatic nitrogens is 1. The van der Waals surface area contributed by atoms with E-state index in [1.54, 1.807) is 29.4 Å². The van der Waals surface area contributed by atoms with Crippen LogP contribution in [0.1, 0.15) is 28.3 Å². The predicted molar refractivity (Wildman–Crippen MR) is 127 cm³/mol. The molecule has 0 radical (unpaired) electrons. The van der Waals surface area contributed by atoms with Gasteiger partial charge in [-0.3, -0.25) is 4.79 Å². The fraction of sp³-hybridized carbons (Fsp3) is 0.280. The second kappa shape index (κ2) is 9.71. The third-order valence-electron chi connectivity index (χ3n) is 6.09. The summed E-state index contributed by atoms with van der Waals surface area (Å²) in [5.41, 5.74) is 3.17. The predicted octanol–water partition coefficient (Wildman–Crippen LogP) is 3.16. The quantitative estimate of drug-likeness (QED) is 0.507. The van der Waals surface area contributed by atoms with Gasteiger partial charge < -0.3 is 13.9 Å². The summed E-state index contributed by atoms with van der Waals surface area (Å²) in [6.07, 6.45) is 4.99. The van der Waals surface area contributed by atoms with Crippen LogP contribution >= 0.6 is 0 Å². The number of nitrogens with zero attached hydrogens (tertiary/aromatic N) is 4. The van der Waals surface area contributed by atoms with E-state index in [0.29, 0.717) is 6.54 Å². The lowest BCUT2D eigenvalue weighted by Crippen LogP contribution is -2.50. The van der Waals surface area contributed by atoms with E-state index < -0.39 is 10.0 Å². The second-order valence-electron chi connectivity index (χ2n) is 8.16. The zero-order valence-electron chi connectivity index (χ0n) is 19.1. The Morgan fingerprint density at radius 3 is 2.53 bits per heavy atom. The molecule has 0 unspecified atom stereocenters. The molecule has 2 aromatic heterocycles. The second-order valence-corrected chi connectivity index (χ2v) is 10.1. The molecular weight excluding hydrogens is 452 g/mol. The van der Waals surface area contributed by atoms with Gasteiger partial charge in [0, 0.05) is 43.6 Å². The number of piperazine rings is 1. The Kier molecular flexibility index (Phi) is 6.72. The van der Waals surface area contributed by atoms with E-state index in [1.165, 1.54) is 22.5 Å². The van der Waals surface area contributed by atoms with Gasteiger partial charge in [0.15, 0.2) is 0 Å². The minimum absolute atomic E-state index is 0.00192. The number of furan rings is 1. The maximum Gasteiger partial charge on any atom is 0.246 e. The van der Waals surface area contributed by atoms with Gasteiger partial charge in [0.05, 0.1) is 23.3 Å². The Hall–Kier alpha value is -3.61.